The summed E-state index contributed by atoms with van der Waals surface area (Å²) in [6.07, 6.45) is 0. The maximum Gasteiger partial charge on any atom is 2.00 e. The molecule has 0 aromatic heterocycles. The second-order valence-electron chi connectivity index (χ2n) is 5.17. The number of carboxylic acids is 2. The number of carbonyl (C=O) groups is 2. The van der Waals surface area contributed by atoms with Gasteiger partial charge in [-0.1, -0.05) is 24.3 Å². The Bertz CT molecular complexity index is 647. The summed E-state index contributed by atoms with van der Waals surface area (Å²) in [5.41, 5.74) is 4.63. The number of hydrogen-bond acceptors (Lipinski definition) is 4. The van der Waals surface area contributed by atoms with E-state index in [-0.39, 0.29) is 30.6 Å². The van der Waals surface area contributed by atoms with Crippen molar-refractivity contribution >= 4 is 11.9 Å². The SMILES string of the molecule is Cc1ccc(C(=O)[O-])cc1C.Cc1ccc(C(=O)[O-])cc1C.[Zn+2]. The number of carbonyl (C=O) groups excluding carboxylic acids is 2. The Kier molecular flexibility index (Phi) is 8.41. The average molecular weight is 364 g/mol. The van der Waals surface area contributed by atoms with Crippen molar-refractivity contribution in [3.05, 3.63) is 69.8 Å². The van der Waals surface area contributed by atoms with Gasteiger partial charge in [-0.15, -0.1) is 0 Å². The van der Waals surface area contributed by atoms with Crippen LogP contribution in [0.15, 0.2) is 36.4 Å². The third-order valence-electron chi connectivity index (χ3n) is 3.49. The van der Waals surface area contributed by atoms with Gasteiger partial charge >= 0.3 is 19.5 Å². The molecule has 0 atom stereocenters. The van der Waals surface area contributed by atoms with E-state index in [0.29, 0.717) is 0 Å². The first-order chi connectivity index (χ1) is 10.2. The number of hydrogen-bond donors (Lipinski definition) is 0. The zero-order chi connectivity index (χ0) is 16.9. The Morgan fingerprint density at radius 3 is 1.17 bits per heavy atom. The van der Waals surface area contributed by atoms with Crippen LogP contribution >= 0.6 is 0 Å². The van der Waals surface area contributed by atoms with Crippen LogP contribution in [0.5, 0.6) is 0 Å². The summed E-state index contributed by atoms with van der Waals surface area (Å²) in [5, 5.41) is 20.7. The van der Waals surface area contributed by atoms with Crippen LogP contribution in [-0.4, -0.2) is 11.9 Å². The molecule has 0 radical (unpaired) electrons. The molecule has 4 nitrogen and oxygen atoms in total. The molecule has 2 rings (SSSR count). The van der Waals surface area contributed by atoms with Gasteiger partial charge in [0.05, 0.1) is 11.9 Å². The first-order valence-electron chi connectivity index (χ1n) is 6.79. The van der Waals surface area contributed by atoms with E-state index < -0.39 is 11.9 Å². The molecule has 0 fully saturated rings. The van der Waals surface area contributed by atoms with Crippen molar-refractivity contribution in [2.75, 3.05) is 0 Å². The van der Waals surface area contributed by atoms with Crippen LogP contribution in [0.1, 0.15) is 43.0 Å². The Balaban J connectivity index is 0.000000403. The zero-order valence-corrected chi connectivity index (χ0v) is 16.8. The van der Waals surface area contributed by atoms with Crippen LogP contribution in [0.4, 0.5) is 0 Å². The van der Waals surface area contributed by atoms with Crippen LogP contribution in [0.3, 0.4) is 0 Å². The summed E-state index contributed by atoms with van der Waals surface area (Å²) in [7, 11) is 0. The third kappa shape index (κ3) is 6.33. The van der Waals surface area contributed by atoms with Gasteiger partial charge in [-0.2, -0.15) is 0 Å². The van der Waals surface area contributed by atoms with Gasteiger partial charge in [-0.05, 0) is 73.2 Å². The quantitative estimate of drug-likeness (QED) is 0.754. The van der Waals surface area contributed by atoms with Crippen molar-refractivity contribution in [2.24, 2.45) is 0 Å². The Hall–Kier alpha value is -2.00. The van der Waals surface area contributed by atoms with E-state index in [1.54, 1.807) is 36.4 Å². The topological polar surface area (TPSA) is 80.3 Å². The fourth-order valence-electron chi connectivity index (χ4n) is 1.74. The van der Waals surface area contributed by atoms with E-state index in [1.807, 2.05) is 27.7 Å². The minimum absolute atomic E-state index is 0. The molecule has 0 heterocycles. The molecule has 23 heavy (non-hydrogen) atoms. The molecule has 0 aliphatic rings. The van der Waals surface area contributed by atoms with Gasteiger partial charge in [-0.25, -0.2) is 0 Å². The molecule has 0 saturated heterocycles. The standard InChI is InChI=1S/2C9H10O2.Zn/c2*1-6-3-4-8(9(10)11)5-7(6)2;/h2*3-5H,1-2H3,(H,10,11);/q;;+2/p-2. The fraction of sp³-hybridized carbons (Fsp3) is 0.222. The first kappa shape index (κ1) is 21.0. The van der Waals surface area contributed by atoms with E-state index in [2.05, 4.69) is 0 Å². The van der Waals surface area contributed by atoms with Crippen LogP contribution in [0.25, 0.3) is 0 Å². The molecule has 2 aromatic rings. The van der Waals surface area contributed by atoms with Gasteiger partial charge in [0.25, 0.3) is 0 Å². The molecule has 0 N–H and O–H groups in total. The third-order valence-corrected chi connectivity index (χ3v) is 3.49. The number of aromatic carboxylic acids is 2. The second-order valence-corrected chi connectivity index (χ2v) is 5.17. The fourth-order valence-corrected chi connectivity index (χ4v) is 1.74. The smallest absolute Gasteiger partial charge is 0.545 e. The molecule has 5 heteroatoms. The zero-order valence-electron chi connectivity index (χ0n) is 13.8. The van der Waals surface area contributed by atoms with Gasteiger partial charge in [0.2, 0.25) is 0 Å². The van der Waals surface area contributed by atoms with Crippen molar-refractivity contribution in [3.63, 3.8) is 0 Å². The molecule has 0 unspecified atom stereocenters. The van der Waals surface area contributed by atoms with Gasteiger partial charge < -0.3 is 19.8 Å². The Morgan fingerprint density at radius 1 is 0.652 bits per heavy atom. The van der Waals surface area contributed by atoms with Crippen LogP contribution < -0.4 is 10.2 Å². The molecule has 116 valence electrons. The maximum absolute atomic E-state index is 10.4. The molecule has 0 saturated carbocycles. The molecular weight excluding hydrogens is 346 g/mol. The minimum atomic E-state index is -1.12. The van der Waals surface area contributed by atoms with E-state index in [4.69, 9.17) is 0 Å². The predicted molar refractivity (Wildman–Crippen MR) is 80.5 cm³/mol. The Labute approximate surface area is 148 Å². The minimum Gasteiger partial charge on any atom is -0.545 e. The average Bonchev–Trinajstić information content (AvgIpc) is 2.45. The molecule has 0 spiro atoms. The van der Waals surface area contributed by atoms with Crippen molar-refractivity contribution in [3.8, 4) is 0 Å². The molecule has 0 aliphatic heterocycles. The summed E-state index contributed by atoms with van der Waals surface area (Å²) in [4.78, 5) is 20.7. The van der Waals surface area contributed by atoms with E-state index in [0.717, 1.165) is 22.3 Å². The summed E-state index contributed by atoms with van der Waals surface area (Å²) in [6, 6.07) is 9.89. The molecule has 2 aromatic carbocycles. The summed E-state index contributed by atoms with van der Waals surface area (Å²) in [6.45, 7) is 7.63. The first-order valence-corrected chi connectivity index (χ1v) is 6.79. The number of carboxylic acid groups (broad SMARTS) is 2. The maximum atomic E-state index is 10.4. The van der Waals surface area contributed by atoms with Crippen molar-refractivity contribution in [2.45, 2.75) is 27.7 Å². The summed E-state index contributed by atoms with van der Waals surface area (Å²) < 4.78 is 0. The van der Waals surface area contributed by atoms with E-state index in [1.165, 1.54) is 0 Å². The van der Waals surface area contributed by atoms with Crippen LogP contribution in [0.2, 0.25) is 0 Å². The van der Waals surface area contributed by atoms with Crippen molar-refractivity contribution < 1.29 is 39.3 Å². The predicted octanol–water partition coefficient (Wildman–Crippen LogP) is 1.33. The second kappa shape index (κ2) is 9.21. The molecular formula is C18H18O4Zn. The molecule has 0 aliphatic carbocycles. The number of rotatable bonds is 2. The van der Waals surface area contributed by atoms with Gasteiger partial charge in [0, 0.05) is 0 Å². The normalized spacial score (nSPS) is 9.22. The van der Waals surface area contributed by atoms with Crippen LogP contribution in [0, 0.1) is 27.7 Å². The van der Waals surface area contributed by atoms with Gasteiger partial charge in [0.15, 0.2) is 0 Å². The summed E-state index contributed by atoms with van der Waals surface area (Å²) >= 11 is 0. The Morgan fingerprint density at radius 2 is 0.957 bits per heavy atom. The van der Waals surface area contributed by atoms with Crippen molar-refractivity contribution in [1.82, 2.24) is 0 Å². The summed E-state index contributed by atoms with van der Waals surface area (Å²) in [5.74, 6) is -2.23. The monoisotopic (exact) mass is 362 g/mol. The van der Waals surface area contributed by atoms with Crippen molar-refractivity contribution in [1.29, 1.82) is 0 Å². The molecule has 0 bridgehead atoms. The van der Waals surface area contributed by atoms with Crippen LogP contribution in [-0.2, 0) is 19.5 Å². The van der Waals surface area contributed by atoms with E-state index >= 15 is 0 Å². The van der Waals surface area contributed by atoms with E-state index in [9.17, 15) is 19.8 Å². The van der Waals surface area contributed by atoms with Gasteiger partial charge in [-0.3, -0.25) is 0 Å². The van der Waals surface area contributed by atoms with Gasteiger partial charge in [0.1, 0.15) is 0 Å². The number of aryl methyl sites for hydroxylation is 4. The number of benzene rings is 2. The largest absolute Gasteiger partial charge is 2.00 e. The molecule has 0 amide bonds.